The summed E-state index contributed by atoms with van der Waals surface area (Å²) in [5.41, 5.74) is 3.09. The van der Waals surface area contributed by atoms with E-state index in [1.165, 1.54) is 0 Å². The molecule has 0 aliphatic rings. The summed E-state index contributed by atoms with van der Waals surface area (Å²) < 4.78 is 0. The minimum absolute atomic E-state index is 0.464. The molecule has 1 N–H and O–H groups in total. The van der Waals surface area contributed by atoms with Gasteiger partial charge < -0.3 is 4.98 Å². The third kappa shape index (κ3) is 2.10. The number of fused-ring (bicyclic) bond motifs is 1. The van der Waals surface area contributed by atoms with Crippen LogP contribution in [0.4, 0.5) is 0 Å². The van der Waals surface area contributed by atoms with Crippen LogP contribution in [0.15, 0.2) is 18.6 Å². The molecule has 3 heteroatoms. The first kappa shape index (κ1) is 10.7. The molecule has 3 nitrogen and oxygen atoms in total. The molecule has 2 aromatic rings. The van der Waals surface area contributed by atoms with Crippen molar-refractivity contribution in [2.45, 2.75) is 33.6 Å². The molecule has 2 aromatic heterocycles. The lowest BCUT2D eigenvalue weighted by Crippen LogP contribution is -1.91. The Bertz CT molecular complexity index is 390. The maximum absolute atomic E-state index is 4.31. The van der Waals surface area contributed by atoms with Crippen molar-refractivity contribution in [1.82, 2.24) is 15.0 Å². The third-order valence-corrected chi connectivity index (χ3v) is 1.92. The lowest BCUT2D eigenvalue weighted by atomic mass is 10.1. The molecular weight excluding hydrogens is 174 g/mol. The van der Waals surface area contributed by atoms with Gasteiger partial charge in [-0.05, 0) is 12.0 Å². The van der Waals surface area contributed by atoms with Gasteiger partial charge in [0.25, 0.3) is 0 Å². The van der Waals surface area contributed by atoms with Crippen LogP contribution in [-0.2, 0) is 0 Å². The number of H-pyrrole nitrogens is 1. The number of nitrogens with zero attached hydrogens (tertiary/aromatic N) is 2. The molecule has 0 fully saturated rings. The standard InChI is InChI=1S/C9H11N3.C2H6/c1-6(2)7-3-8-9(4-10-7)12-5-11-8;1-2/h3-6H,1-2H3,(H,11,12);1-2H3. The second-order valence-electron chi connectivity index (χ2n) is 3.18. The summed E-state index contributed by atoms with van der Waals surface area (Å²) >= 11 is 0. The van der Waals surface area contributed by atoms with E-state index in [9.17, 15) is 0 Å². The fourth-order valence-corrected chi connectivity index (χ4v) is 1.17. The maximum Gasteiger partial charge on any atom is 0.0932 e. The number of aromatic nitrogens is 3. The molecule has 2 heterocycles. The van der Waals surface area contributed by atoms with Crippen LogP contribution in [0.25, 0.3) is 11.0 Å². The third-order valence-electron chi connectivity index (χ3n) is 1.92. The number of hydrogen-bond donors (Lipinski definition) is 1. The van der Waals surface area contributed by atoms with E-state index < -0.39 is 0 Å². The van der Waals surface area contributed by atoms with Crippen LogP contribution in [0.5, 0.6) is 0 Å². The molecule has 0 unspecified atom stereocenters. The predicted molar refractivity (Wildman–Crippen MR) is 59.3 cm³/mol. The number of rotatable bonds is 1. The predicted octanol–water partition coefficient (Wildman–Crippen LogP) is 3.11. The van der Waals surface area contributed by atoms with Gasteiger partial charge in [-0.2, -0.15) is 0 Å². The first-order valence-electron chi connectivity index (χ1n) is 5.06. The van der Waals surface area contributed by atoms with Crippen LogP contribution in [0, 0.1) is 0 Å². The van der Waals surface area contributed by atoms with E-state index >= 15 is 0 Å². The van der Waals surface area contributed by atoms with Gasteiger partial charge in [0, 0.05) is 5.69 Å². The monoisotopic (exact) mass is 191 g/mol. The van der Waals surface area contributed by atoms with E-state index in [1.54, 1.807) is 6.33 Å². The zero-order chi connectivity index (χ0) is 10.6. The van der Waals surface area contributed by atoms with Crippen molar-refractivity contribution in [3.8, 4) is 0 Å². The van der Waals surface area contributed by atoms with Gasteiger partial charge in [-0.3, -0.25) is 4.98 Å². The number of aromatic amines is 1. The van der Waals surface area contributed by atoms with E-state index in [4.69, 9.17) is 0 Å². The van der Waals surface area contributed by atoms with Gasteiger partial charge in [0.2, 0.25) is 0 Å². The Labute approximate surface area is 84.6 Å². The number of pyridine rings is 1. The molecule has 0 atom stereocenters. The van der Waals surface area contributed by atoms with Gasteiger partial charge in [-0.1, -0.05) is 27.7 Å². The van der Waals surface area contributed by atoms with Crippen LogP contribution in [-0.4, -0.2) is 15.0 Å². The van der Waals surface area contributed by atoms with Crippen LogP contribution in [0.2, 0.25) is 0 Å². The Kier molecular flexibility index (Phi) is 3.63. The highest BCUT2D eigenvalue weighted by Gasteiger charge is 2.02. The zero-order valence-corrected chi connectivity index (χ0v) is 9.20. The fourth-order valence-electron chi connectivity index (χ4n) is 1.17. The summed E-state index contributed by atoms with van der Waals surface area (Å²) in [6.07, 6.45) is 3.52. The molecule has 14 heavy (non-hydrogen) atoms. The molecule has 0 bridgehead atoms. The Morgan fingerprint density at radius 3 is 2.57 bits per heavy atom. The number of imidazole rings is 1. The molecular formula is C11H17N3. The molecule has 0 aliphatic heterocycles. The summed E-state index contributed by atoms with van der Waals surface area (Å²) in [5, 5.41) is 0. The topological polar surface area (TPSA) is 41.6 Å². The highest BCUT2D eigenvalue weighted by Crippen LogP contribution is 2.15. The highest BCUT2D eigenvalue weighted by molar-refractivity contribution is 5.73. The lowest BCUT2D eigenvalue weighted by Gasteiger charge is -2.01. The van der Waals surface area contributed by atoms with Crippen LogP contribution in [0.1, 0.15) is 39.3 Å². The molecule has 0 amide bonds. The van der Waals surface area contributed by atoms with Crippen LogP contribution in [0.3, 0.4) is 0 Å². The maximum atomic E-state index is 4.31. The second kappa shape index (κ2) is 4.74. The summed E-state index contributed by atoms with van der Waals surface area (Å²) in [7, 11) is 0. The van der Waals surface area contributed by atoms with Gasteiger partial charge in [-0.25, -0.2) is 4.98 Å². The van der Waals surface area contributed by atoms with Crippen molar-refractivity contribution < 1.29 is 0 Å². The van der Waals surface area contributed by atoms with Crippen molar-refractivity contribution in [3.05, 3.63) is 24.3 Å². The molecule has 0 radical (unpaired) electrons. The van der Waals surface area contributed by atoms with Gasteiger partial charge >= 0.3 is 0 Å². The van der Waals surface area contributed by atoms with E-state index in [0.717, 1.165) is 16.7 Å². The minimum atomic E-state index is 0.464. The van der Waals surface area contributed by atoms with Crippen molar-refractivity contribution in [2.24, 2.45) is 0 Å². The van der Waals surface area contributed by atoms with Gasteiger partial charge in [0.15, 0.2) is 0 Å². The Morgan fingerprint density at radius 1 is 1.21 bits per heavy atom. The van der Waals surface area contributed by atoms with Crippen LogP contribution >= 0.6 is 0 Å². The molecule has 0 aromatic carbocycles. The molecule has 76 valence electrons. The Morgan fingerprint density at radius 2 is 1.93 bits per heavy atom. The quantitative estimate of drug-likeness (QED) is 0.752. The normalized spacial score (nSPS) is 10.1. The second-order valence-corrected chi connectivity index (χ2v) is 3.18. The molecule has 0 saturated heterocycles. The molecule has 0 spiro atoms. The van der Waals surface area contributed by atoms with Gasteiger partial charge in [0.1, 0.15) is 0 Å². The number of nitrogens with one attached hydrogen (secondary N) is 1. The van der Waals surface area contributed by atoms with Crippen molar-refractivity contribution in [1.29, 1.82) is 0 Å². The van der Waals surface area contributed by atoms with Crippen molar-refractivity contribution in [3.63, 3.8) is 0 Å². The van der Waals surface area contributed by atoms with Gasteiger partial charge in [-0.15, -0.1) is 0 Å². The Balaban J connectivity index is 0.000000461. The van der Waals surface area contributed by atoms with Crippen molar-refractivity contribution >= 4 is 11.0 Å². The number of hydrogen-bond acceptors (Lipinski definition) is 2. The minimum Gasteiger partial charge on any atom is -0.343 e. The van der Waals surface area contributed by atoms with Gasteiger partial charge in [0.05, 0.1) is 23.6 Å². The zero-order valence-electron chi connectivity index (χ0n) is 9.20. The Hall–Kier alpha value is -1.38. The SMILES string of the molecule is CC.CC(C)c1cc2nc[nH]c2cn1. The molecule has 2 rings (SSSR count). The first-order chi connectivity index (χ1) is 6.77. The molecule has 0 saturated carbocycles. The van der Waals surface area contributed by atoms with E-state index in [-0.39, 0.29) is 0 Å². The summed E-state index contributed by atoms with van der Waals surface area (Å²) in [4.78, 5) is 11.5. The molecule has 0 aliphatic carbocycles. The van der Waals surface area contributed by atoms with E-state index in [2.05, 4.69) is 28.8 Å². The average molecular weight is 191 g/mol. The van der Waals surface area contributed by atoms with E-state index in [1.807, 2.05) is 26.1 Å². The summed E-state index contributed by atoms with van der Waals surface area (Å²) in [6.45, 7) is 8.25. The van der Waals surface area contributed by atoms with Crippen molar-refractivity contribution in [2.75, 3.05) is 0 Å². The smallest absolute Gasteiger partial charge is 0.0932 e. The summed E-state index contributed by atoms with van der Waals surface area (Å²) in [6, 6.07) is 2.02. The lowest BCUT2D eigenvalue weighted by molar-refractivity contribution is 0.825. The average Bonchev–Trinajstić information content (AvgIpc) is 2.67. The summed E-state index contributed by atoms with van der Waals surface area (Å²) in [5.74, 6) is 0.464. The first-order valence-corrected chi connectivity index (χ1v) is 5.06. The largest absolute Gasteiger partial charge is 0.343 e. The van der Waals surface area contributed by atoms with E-state index in [0.29, 0.717) is 5.92 Å². The highest BCUT2D eigenvalue weighted by atomic mass is 14.9. The fraction of sp³-hybridized carbons (Fsp3) is 0.455. The van der Waals surface area contributed by atoms with Crippen LogP contribution < -0.4 is 0 Å².